The summed E-state index contributed by atoms with van der Waals surface area (Å²) in [5, 5.41) is 12.6. The van der Waals surface area contributed by atoms with Crippen LogP contribution in [-0.2, 0) is 6.42 Å². The van der Waals surface area contributed by atoms with E-state index in [0.29, 0.717) is 5.82 Å². The molecule has 0 saturated heterocycles. The van der Waals surface area contributed by atoms with Gasteiger partial charge in [-0.3, -0.25) is 0 Å². The minimum atomic E-state index is -1.04. The first-order valence-corrected chi connectivity index (χ1v) is 6.35. The van der Waals surface area contributed by atoms with Gasteiger partial charge in [-0.2, -0.15) is 0 Å². The average molecular weight is 263 g/mol. The topological polar surface area (TPSA) is 75.1 Å². The number of rotatable bonds is 4. The van der Waals surface area contributed by atoms with Gasteiger partial charge in [0.15, 0.2) is 10.8 Å². The second-order valence-corrected chi connectivity index (χ2v) is 4.92. The van der Waals surface area contributed by atoms with Crippen LogP contribution in [-0.4, -0.2) is 21.0 Å². The predicted molar refractivity (Wildman–Crippen MR) is 70.7 cm³/mol. The highest BCUT2D eigenvalue weighted by Gasteiger charge is 2.08. The van der Waals surface area contributed by atoms with Crippen LogP contribution in [0.15, 0.2) is 18.2 Å². The van der Waals surface area contributed by atoms with Crippen molar-refractivity contribution in [1.29, 1.82) is 0 Å². The van der Waals surface area contributed by atoms with E-state index in [9.17, 15) is 4.79 Å². The van der Waals surface area contributed by atoms with E-state index in [1.54, 1.807) is 12.1 Å². The largest absolute Gasteiger partial charge is 0.477 e. The monoisotopic (exact) mass is 263 g/mol. The number of carboxylic acid groups (broad SMARTS) is 1. The number of anilines is 2. The highest BCUT2D eigenvalue weighted by molar-refractivity contribution is 7.15. The number of thiazole rings is 1. The van der Waals surface area contributed by atoms with Crippen LogP contribution in [0.4, 0.5) is 10.9 Å². The Kier molecular flexibility index (Phi) is 3.57. The molecule has 6 heteroatoms. The zero-order chi connectivity index (χ0) is 13.1. The van der Waals surface area contributed by atoms with Crippen molar-refractivity contribution in [3.05, 3.63) is 34.5 Å². The quantitative estimate of drug-likeness (QED) is 0.887. The van der Waals surface area contributed by atoms with E-state index < -0.39 is 5.97 Å². The Hall–Kier alpha value is -1.95. The van der Waals surface area contributed by atoms with Crippen LogP contribution in [0.1, 0.15) is 28.0 Å². The van der Waals surface area contributed by atoms with Gasteiger partial charge in [0.2, 0.25) is 0 Å². The molecule has 0 spiro atoms. The van der Waals surface area contributed by atoms with E-state index in [-0.39, 0.29) is 5.69 Å². The predicted octanol–water partition coefficient (Wildman–Crippen LogP) is 2.85. The van der Waals surface area contributed by atoms with Crippen LogP contribution < -0.4 is 5.32 Å². The van der Waals surface area contributed by atoms with Gasteiger partial charge in [0, 0.05) is 4.88 Å². The minimum absolute atomic E-state index is 0.0176. The zero-order valence-electron chi connectivity index (χ0n) is 10.1. The van der Waals surface area contributed by atoms with E-state index in [1.807, 2.05) is 6.92 Å². The molecule has 5 nitrogen and oxygen atoms in total. The highest BCUT2D eigenvalue weighted by atomic mass is 32.1. The molecule has 18 heavy (non-hydrogen) atoms. The van der Waals surface area contributed by atoms with E-state index in [2.05, 4.69) is 22.2 Å². The number of pyridine rings is 1. The molecule has 0 unspecified atom stereocenters. The maximum absolute atomic E-state index is 10.8. The van der Waals surface area contributed by atoms with Gasteiger partial charge in [0.1, 0.15) is 5.82 Å². The lowest BCUT2D eigenvalue weighted by Gasteiger charge is -2.01. The third-order valence-electron chi connectivity index (χ3n) is 2.43. The van der Waals surface area contributed by atoms with E-state index in [4.69, 9.17) is 5.11 Å². The van der Waals surface area contributed by atoms with Crippen LogP contribution in [0.2, 0.25) is 0 Å². The molecule has 0 saturated carbocycles. The highest BCUT2D eigenvalue weighted by Crippen LogP contribution is 2.24. The van der Waals surface area contributed by atoms with Gasteiger partial charge in [-0.05, 0) is 25.5 Å². The Morgan fingerprint density at radius 3 is 2.83 bits per heavy atom. The summed E-state index contributed by atoms with van der Waals surface area (Å²) < 4.78 is 0. The molecule has 0 aromatic carbocycles. The molecule has 2 aromatic heterocycles. The maximum Gasteiger partial charge on any atom is 0.354 e. The van der Waals surface area contributed by atoms with Crippen LogP contribution in [0, 0.1) is 6.92 Å². The van der Waals surface area contributed by atoms with Gasteiger partial charge in [-0.1, -0.05) is 13.0 Å². The summed E-state index contributed by atoms with van der Waals surface area (Å²) >= 11 is 1.54. The van der Waals surface area contributed by atoms with Crippen molar-refractivity contribution in [3.63, 3.8) is 0 Å². The molecule has 0 aliphatic rings. The first-order valence-electron chi connectivity index (χ1n) is 5.54. The normalized spacial score (nSPS) is 10.3. The lowest BCUT2D eigenvalue weighted by Crippen LogP contribution is -2.02. The van der Waals surface area contributed by atoms with Gasteiger partial charge in [-0.25, -0.2) is 14.8 Å². The summed E-state index contributed by atoms with van der Waals surface area (Å²) in [6.45, 7) is 4.07. The number of hydrogen-bond donors (Lipinski definition) is 2. The number of aromatic nitrogens is 2. The fraction of sp³-hybridized carbons (Fsp3) is 0.250. The smallest absolute Gasteiger partial charge is 0.354 e. The minimum Gasteiger partial charge on any atom is -0.477 e. The van der Waals surface area contributed by atoms with Crippen LogP contribution in [0.25, 0.3) is 0 Å². The third kappa shape index (κ3) is 2.65. The molecule has 0 amide bonds. The molecule has 94 valence electrons. The number of aromatic carboxylic acids is 1. The fourth-order valence-electron chi connectivity index (χ4n) is 1.54. The van der Waals surface area contributed by atoms with Crippen LogP contribution in [0.3, 0.4) is 0 Å². The molecule has 2 aromatic rings. The summed E-state index contributed by atoms with van der Waals surface area (Å²) in [6.07, 6.45) is 0.882. The standard InChI is InChI=1S/C12H13N3O2S/c1-3-8-7(2)18-12(14-8)15-10-6-4-5-9(13-10)11(16)17/h4-6H,3H2,1-2H3,(H,16,17)(H,13,14,15). The van der Waals surface area contributed by atoms with Crippen LogP contribution >= 0.6 is 11.3 Å². The molecule has 0 fully saturated rings. The molecule has 0 aliphatic heterocycles. The Labute approximate surface area is 109 Å². The summed E-state index contributed by atoms with van der Waals surface area (Å²) in [4.78, 5) is 20.4. The van der Waals surface area contributed by atoms with Crippen molar-refractivity contribution in [2.45, 2.75) is 20.3 Å². The number of nitrogens with zero attached hydrogens (tertiary/aromatic N) is 2. The Morgan fingerprint density at radius 1 is 1.44 bits per heavy atom. The van der Waals surface area contributed by atoms with Crippen molar-refractivity contribution in [3.8, 4) is 0 Å². The van der Waals surface area contributed by atoms with Crippen LogP contribution in [0.5, 0.6) is 0 Å². The maximum atomic E-state index is 10.8. The molecule has 2 heterocycles. The molecule has 0 atom stereocenters. The van der Waals surface area contributed by atoms with Gasteiger partial charge >= 0.3 is 5.97 Å². The van der Waals surface area contributed by atoms with Crippen molar-refractivity contribution in [2.75, 3.05) is 5.32 Å². The summed E-state index contributed by atoms with van der Waals surface area (Å²) in [6, 6.07) is 4.83. The molecule has 0 bridgehead atoms. The molecule has 0 aliphatic carbocycles. The molecule has 2 rings (SSSR count). The average Bonchev–Trinajstić information content (AvgIpc) is 2.69. The second-order valence-electron chi connectivity index (χ2n) is 3.71. The summed E-state index contributed by atoms with van der Waals surface area (Å²) in [5.41, 5.74) is 1.07. The number of carboxylic acids is 1. The fourth-order valence-corrected chi connectivity index (χ4v) is 2.45. The van der Waals surface area contributed by atoms with Crippen molar-refractivity contribution in [2.24, 2.45) is 0 Å². The summed E-state index contributed by atoms with van der Waals surface area (Å²) in [5.74, 6) is -0.547. The number of aryl methyl sites for hydroxylation is 2. The SMILES string of the molecule is CCc1nc(Nc2cccc(C(=O)O)n2)sc1C. The first-order chi connectivity index (χ1) is 8.60. The second kappa shape index (κ2) is 5.14. The first kappa shape index (κ1) is 12.5. The molecular weight excluding hydrogens is 250 g/mol. The lowest BCUT2D eigenvalue weighted by atomic mass is 10.3. The zero-order valence-corrected chi connectivity index (χ0v) is 10.9. The Morgan fingerprint density at radius 2 is 2.22 bits per heavy atom. The van der Waals surface area contributed by atoms with Crippen molar-refractivity contribution in [1.82, 2.24) is 9.97 Å². The number of carbonyl (C=O) groups is 1. The van der Waals surface area contributed by atoms with E-state index in [0.717, 1.165) is 22.1 Å². The number of nitrogens with one attached hydrogen (secondary N) is 1. The van der Waals surface area contributed by atoms with Gasteiger partial charge in [-0.15, -0.1) is 11.3 Å². The molecular formula is C12H13N3O2S. The third-order valence-corrected chi connectivity index (χ3v) is 3.36. The Bertz CT molecular complexity index is 580. The Balaban J connectivity index is 2.22. The van der Waals surface area contributed by atoms with Crippen molar-refractivity contribution >= 4 is 28.3 Å². The van der Waals surface area contributed by atoms with E-state index >= 15 is 0 Å². The lowest BCUT2D eigenvalue weighted by molar-refractivity contribution is 0.0690. The molecule has 0 radical (unpaired) electrons. The molecule has 2 N–H and O–H groups in total. The van der Waals surface area contributed by atoms with Gasteiger partial charge in [0.05, 0.1) is 5.69 Å². The van der Waals surface area contributed by atoms with E-state index in [1.165, 1.54) is 17.4 Å². The summed E-state index contributed by atoms with van der Waals surface area (Å²) in [7, 11) is 0. The van der Waals surface area contributed by atoms with Gasteiger partial charge in [0.25, 0.3) is 0 Å². The van der Waals surface area contributed by atoms with Crippen molar-refractivity contribution < 1.29 is 9.90 Å². The van der Waals surface area contributed by atoms with Gasteiger partial charge < -0.3 is 10.4 Å². The number of hydrogen-bond acceptors (Lipinski definition) is 5.